The first-order valence-electron chi connectivity index (χ1n) is 12.2. The largest absolute Gasteiger partial charge is 0.493 e. The fourth-order valence-electron chi connectivity index (χ4n) is 5.62. The number of nitrogens with zero attached hydrogens (tertiary/aromatic N) is 1. The third-order valence-corrected chi connectivity index (χ3v) is 7.47. The van der Waals surface area contributed by atoms with E-state index in [1.807, 2.05) is 42.5 Å². The minimum absolute atomic E-state index is 0.0829. The molecule has 2 N–H and O–H groups in total. The van der Waals surface area contributed by atoms with Gasteiger partial charge in [0.15, 0.2) is 11.5 Å². The Morgan fingerprint density at radius 2 is 1.77 bits per heavy atom. The summed E-state index contributed by atoms with van der Waals surface area (Å²) in [6.45, 7) is 6.57. The zero-order valence-electron chi connectivity index (χ0n) is 21.1. The first-order valence-corrected chi connectivity index (χ1v) is 12.2. The van der Waals surface area contributed by atoms with E-state index in [4.69, 9.17) is 9.47 Å². The lowest BCUT2D eigenvalue weighted by Gasteiger charge is -2.29. The minimum Gasteiger partial charge on any atom is -0.493 e. The number of aromatic nitrogens is 1. The van der Waals surface area contributed by atoms with Crippen LogP contribution in [0, 0.1) is 13.8 Å². The number of rotatable bonds is 5. The number of amides is 1. The molecular weight excluding hydrogens is 438 g/mol. The highest BCUT2D eigenvalue weighted by atomic mass is 16.5. The molecule has 2 aromatic carbocycles. The van der Waals surface area contributed by atoms with Crippen molar-refractivity contribution in [3.63, 3.8) is 0 Å². The van der Waals surface area contributed by atoms with Gasteiger partial charge in [0.2, 0.25) is 0 Å². The van der Waals surface area contributed by atoms with Crippen LogP contribution in [0.1, 0.15) is 46.8 Å². The van der Waals surface area contributed by atoms with Gasteiger partial charge in [-0.25, -0.2) is 0 Å². The number of aromatic amines is 1. The van der Waals surface area contributed by atoms with Gasteiger partial charge in [0, 0.05) is 22.6 Å². The van der Waals surface area contributed by atoms with E-state index in [-0.39, 0.29) is 5.91 Å². The molecule has 0 spiro atoms. The highest BCUT2D eigenvalue weighted by Gasteiger charge is 2.29. The summed E-state index contributed by atoms with van der Waals surface area (Å²) in [6.07, 6.45) is 4.35. The molecule has 2 aliphatic rings. The summed E-state index contributed by atoms with van der Waals surface area (Å²) in [5.41, 5.74) is 9.23. The van der Waals surface area contributed by atoms with Gasteiger partial charge in [0.1, 0.15) is 0 Å². The van der Waals surface area contributed by atoms with Crippen LogP contribution in [0.3, 0.4) is 0 Å². The molecule has 0 aliphatic carbocycles. The van der Waals surface area contributed by atoms with Crippen LogP contribution >= 0.6 is 0 Å². The lowest BCUT2D eigenvalue weighted by atomic mass is 9.87. The van der Waals surface area contributed by atoms with Crippen LogP contribution in [0.25, 0.3) is 22.8 Å². The van der Waals surface area contributed by atoms with Crippen LogP contribution in [0.2, 0.25) is 0 Å². The van der Waals surface area contributed by atoms with Gasteiger partial charge in [0.05, 0.1) is 19.8 Å². The summed E-state index contributed by atoms with van der Waals surface area (Å²) in [5.74, 6) is 1.80. The van der Waals surface area contributed by atoms with Crippen molar-refractivity contribution in [3.8, 4) is 22.6 Å². The Labute approximate surface area is 206 Å². The van der Waals surface area contributed by atoms with Crippen molar-refractivity contribution in [2.24, 2.45) is 0 Å². The van der Waals surface area contributed by atoms with Crippen LogP contribution < -0.4 is 14.8 Å². The molecule has 6 nitrogen and oxygen atoms in total. The zero-order valence-corrected chi connectivity index (χ0v) is 21.1. The third-order valence-electron chi connectivity index (χ3n) is 7.47. The molecule has 182 valence electrons. The van der Waals surface area contributed by atoms with Crippen LogP contribution in [0.4, 0.5) is 5.69 Å². The van der Waals surface area contributed by atoms with Crippen LogP contribution in [-0.4, -0.2) is 50.1 Å². The quantitative estimate of drug-likeness (QED) is 0.474. The second-order valence-corrected chi connectivity index (χ2v) is 9.59. The SMILES string of the molecule is COc1ccc(-c2cccc3c2/C(=C/c2[nH]c(C)c(C4CCN(C)CC4)c2C)C(=O)N3)cc1OC. The third kappa shape index (κ3) is 4.12. The maximum atomic E-state index is 13.1. The molecule has 3 aromatic rings. The molecule has 5 rings (SSSR count). The van der Waals surface area contributed by atoms with E-state index in [0.717, 1.165) is 41.2 Å². The number of nitrogens with one attached hydrogen (secondary N) is 2. The number of carbonyl (C=O) groups is 1. The van der Waals surface area contributed by atoms with Crippen molar-refractivity contribution in [2.75, 3.05) is 39.7 Å². The zero-order chi connectivity index (χ0) is 24.7. The highest BCUT2D eigenvalue weighted by Crippen LogP contribution is 2.43. The number of benzene rings is 2. The number of hydrogen-bond acceptors (Lipinski definition) is 4. The van der Waals surface area contributed by atoms with E-state index in [1.54, 1.807) is 14.2 Å². The number of anilines is 1. The molecule has 6 heteroatoms. The van der Waals surface area contributed by atoms with E-state index >= 15 is 0 Å². The Kier molecular flexibility index (Phi) is 6.15. The Balaban J connectivity index is 1.58. The number of ether oxygens (including phenoxy) is 2. The molecule has 35 heavy (non-hydrogen) atoms. The molecule has 0 bridgehead atoms. The molecular formula is C29H33N3O3. The average molecular weight is 472 g/mol. The fourth-order valence-corrected chi connectivity index (χ4v) is 5.62. The van der Waals surface area contributed by atoms with E-state index in [0.29, 0.717) is 23.0 Å². The van der Waals surface area contributed by atoms with Crippen LogP contribution in [0.5, 0.6) is 11.5 Å². The van der Waals surface area contributed by atoms with Gasteiger partial charge in [-0.15, -0.1) is 0 Å². The molecule has 1 aromatic heterocycles. The van der Waals surface area contributed by atoms with E-state index in [9.17, 15) is 4.79 Å². The van der Waals surface area contributed by atoms with E-state index in [1.165, 1.54) is 29.7 Å². The Morgan fingerprint density at radius 1 is 1.03 bits per heavy atom. The Bertz CT molecular complexity index is 1310. The van der Waals surface area contributed by atoms with Gasteiger partial charge in [0.25, 0.3) is 5.91 Å². The summed E-state index contributed by atoms with van der Waals surface area (Å²) < 4.78 is 10.9. The molecule has 2 aliphatic heterocycles. The van der Waals surface area contributed by atoms with Crippen molar-refractivity contribution in [3.05, 3.63) is 64.5 Å². The molecule has 1 fully saturated rings. The first kappa shape index (κ1) is 23.2. The molecule has 0 unspecified atom stereocenters. The van der Waals surface area contributed by atoms with E-state index < -0.39 is 0 Å². The van der Waals surface area contributed by atoms with Gasteiger partial charge in [-0.1, -0.05) is 18.2 Å². The lowest BCUT2D eigenvalue weighted by Crippen LogP contribution is -2.29. The smallest absolute Gasteiger partial charge is 0.256 e. The molecule has 3 heterocycles. The molecule has 1 saturated heterocycles. The monoisotopic (exact) mass is 471 g/mol. The summed E-state index contributed by atoms with van der Waals surface area (Å²) in [6, 6.07) is 11.8. The maximum Gasteiger partial charge on any atom is 0.256 e. The summed E-state index contributed by atoms with van der Waals surface area (Å²) >= 11 is 0. The van der Waals surface area contributed by atoms with Gasteiger partial charge in [-0.05, 0) is 99.3 Å². The Hall–Kier alpha value is -3.51. The molecule has 0 radical (unpaired) electrons. The van der Waals surface area contributed by atoms with Gasteiger partial charge in [-0.3, -0.25) is 4.79 Å². The number of hydrogen-bond donors (Lipinski definition) is 2. The number of aryl methyl sites for hydroxylation is 1. The predicted molar refractivity (Wildman–Crippen MR) is 141 cm³/mol. The van der Waals surface area contributed by atoms with Gasteiger partial charge >= 0.3 is 0 Å². The number of H-pyrrole nitrogens is 1. The molecule has 0 atom stereocenters. The van der Waals surface area contributed by atoms with Crippen LogP contribution in [0.15, 0.2) is 36.4 Å². The fraction of sp³-hybridized carbons (Fsp3) is 0.345. The average Bonchev–Trinajstić information content (AvgIpc) is 3.33. The van der Waals surface area contributed by atoms with E-state index in [2.05, 4.69) is 36.1 Å². The van der Waals surface area contributed by atoms with Crippen molar-refractivity contribution < 1.29 is 14.3 Å². The number of piperidine rings is 1. The van der Waals surface area contributed by atoms with Crippen molar-refractivity contribution in [1.82, 2.24) is 9.88 Å². The maximum absolute atomic E-state index is 13.1. The van der Waals surface area contributed by atoms with Gasteiger partial charge < -0.3 is 24.7 Å². The summed E-state index contributed by atoms with van der Waals surface area (Å²) in [4.78, 5) is 19.1. The number of methoxy groups -OCH3 is 2. The molecule has 0 saturated carbocycles. The van der Waals surface area contributed by atoms with Crippen LogP contribution in [-0.2, 0) is 4.79 Å². The Morgan fingerprint density at radius 3 is 2.49 bits per heavy atom. The number of carbonyl (C=O) groups excluding carboxylic acids is 1. The topological polar surface area (TPSA) is 66.6 Å². The molecule has 1 amide bonds. The van der Waals surface area contributed by atoms with Gasteiger partial charge in [-0.2, -0.15) is 0 Å². The van der Waals surface area contributed by atoms with Crippen molar-refractivity contribution in [2.45, 2.75) is 32.6 Å². The second kappa shape index (κ2) is 9.27. The highest BCUT2D eigenvalue weighted by molar-refractivity contribution is 6.36. The minimum atomic E-state index is -0.0829. The standard InChI is InChI=1S/C29H33N3O3/c1-17-24(30-18(2)27(17)19-11-13-32(3)14-12-19)16-22-28-21(7-6-8-23(28)31-29(22)33)20-9-10-25(34-4)26(15-20)35-5/h6-10,15-16,19,30H,11-14H2,1-5H3,(H,31,33)/b22-16-. The van der Waals surface area contributed by atoms with Crippen molar-refractivity contribution in [1.29, 1.82) is 0 Å². The van der Waals surface area contributed by atoms with Crippen molar-refractivity contribution >= 4 is 23.2 Å². The summed E-state index contributed by atoms with van der Waals surface area (Å²) in [7, 11) is 5.45. The first-order chi connectivity index (χ1) is 16.9. The predicted octanol–water partition coefficient (Wildman–Crippen LogP) is 5.62. The second-order valence-electron chi connectivity index (χ2n) is 9.59. The lowest BCUT2D eigenvalue weighted by molar-refractivity contribution is -0.110. The number of fused-ring (bicyclic) bond motifs is 1. The normalized spacial score (nSPS) is 17.5. The summed E-state index contributed by atoms with van der Waals surface area (Å²) in [5, 5.41) is 3.06. The number of likely N-dealkylation sites (tertiary alicyclic amines) is 1.